The summed E-state index contributed by atoms with van der Waals surface area (Å²) in [6.07, 6.45) is 3.39. The second kappa shape index (κ2) is 8.92. The fourth-order valence-corrected chi connectivity index (χ4v) is 4.70. The van der Waals surface area contributed by atoms with Gasteiger partial charge in [-0.25, -0.2) is 9.78 Å². The maximum atomic E-state index is 12.8. The predicted octanol–water partition coefficient (Wildman–Crippen LogP) is 3.19. The number of nitrogens with zero attached hydrogens (tertiary/aromatic N) is 3. The number of nitrogens with one attached hydrogen (secondary N) is 1. The van der Waals surface area contributed by atoms with Gasteiger partial charge in [0.15, 0.2) is 5.13 Å². The Kier molecular flexibility index (Phi) is 6.10. The highest BCUT2D eigenvalue weighted by atomic mass is 32.1. The van der Waals surface area contributed by atoms with Crippen LogP contribution in [0.1, 0.15) is 40.2 Å². The average Bonchev–Trinajstić information content (AvgIpc) is 3.30. The van der Waals surface area contributed by atoms with Gasteiger partial charge in [0.25, 0.3) is 5.91 Å². The van der Waals surface area contributed by atoms with E-state index in [0.717, 1.165) is 31.4 Å². The predicted molar refractivity (Wildman–Crippen MR) is 112 cm³/mol. The van der Waals surface area contributed by atoms with E-state index in [1.807, 2.05) is 42.2 Å². The van der Waals surface area contributed by atoms with Crippen LogP contribution in [-0.2, 0) is 11.3 Å². The quantitative estimate of drug-likeness (QED) is 0.788. The monoisotopic (exact) mass is 414 g/mol. The minimum absolute atomic E-state index is 0.0517. The van der Waals surface area contributed by atoms with Gasteiger partial charge in [-0.2, -0.15) is 0 Å². The van der Waals surface area contributed by atoms with E-state index >= 15 is 0 Å². The third-order valence-corrected chi connectivity index (χ3v) is 6.49. The first-order valence-electron chi connectivity index (χ1n) is 10.1. The van der Waals surface area contributed by atoms with E-state index < -0.39 is 0 Å². The average molecular weight is 415 g/mol. The van der Waals surface area contributed by atoms with Crippen molar-refractivity contribution in [1.29, 1.82) is 0 Å². The zero-order valence-electron chi connectivity index (χ0n) is 16.6. The summed E-state index contributed by atoms with van der Waals surface area (Å²) in [6.45, 7) is 4.93. The van der Waals surface area contributed by atoms with Gasteiger partial charge in [0.05, 0.1) is 11.8 Å². The van der Waals surface area contributed by atoms with Gasteiger partial charge in [0.2, 0.25) is 0 Å². The number of rotatable bonds is 6. The Hall–Kier alpha value is -2.45. The molecule has 0 bridgehead atoms. The summed E-state index contributed by atoms with van der Waals surface area (Å²) < 4.78 is 5.77. The van der Waals surface area contributed by atoms with Gasteiger partial charge in [0.1, 0.15) is 4.88 Å². The molecule has 3 amide bonds. The lowest BCUT2D eigenvalue weighted by Gasteiger charge is -2.27. The fraction of sp³-hybridized carbons (Fsp3) is 0.476. The van der Waals surface area contributed by atoms with Crippen molar-refractivity contribution >= 4 is 28.4 Å². The van der Waals surface area contributed by atoms with E-state index in [9.17, 15) is 9.59 Å². The van der Waals surface area contributed by atoms with Crippen LogP contribution in [0.2, 0.25) is 0 Å². The lowest BCUT2D eigenvalue weighted by atomic mass is 10.1. The molecule has 1 aromatic heterocycles. The highest BCUT2D eigenvalue weighted by Gasteiger charge is 2.34. The number of ether oxygens (including phenoxy) is 1. The normalized spacial score (nSPS) is 19.6. The van der Waals surface area contributed by atoms with Crippen molar-refractivity contribution < 1.29 is 14.3 Å². The standard InChI is InChI=1S/C21H26N4O3S/c1-15-18(19(26)22-13-16-7-3-2-4-8-16)29-20(23-15)25-11-10-24(21(25)27)14-17-9-5-6-12-28-17/h2-4,7-8,17H,5-6,9-14H2,1H3,(H,22,26). The third kappa shape index (κ3) is 4.59. The van der Waals surface area contributed by atoms with Crippen LogP contribution in [0.3, 0.4) is 0 Å². The molecule has 8 heteroatoms. The fourth-order valence-electron chi connectivity index (χ4n) is 3.69. The van der Waals surface area contributed by atoms with Crippen LogP contribution in [0.4, 0.5) is 9.93 Å². The first-order valence-corrected chi connectivity index (χ1v) is 10.9. The molecule has 0 spiro atoms. The van der Waals surface area contributed by atoms with Gasteiger partial charge in [0, 0.05) is 32.8 Å². The van der Waals surface area contributed by atoms with E-state index in [1.54, 1.807) is 4.90 Å². The molecule has 2 aliphatic rings. The van der Waals surface area contributed by atoms with Crippen molar-refractivity contribution in [2.24, 2.45) is 0 Å². The summed E-state index contributed by atoms with van der Waals surface area (Å²) in [5, 5.41) is 3.52. The molecule has 154 valence electrons. The molecule has 7 nitrogen and oxygen atoms in total. The minimum atomic E-state index is -0.158. The number of hydrogen-bond acceptors (Lipinski definition) is 5. The number of amides is 3. The van der Waals surface area contributed by atoms with E-state index in [2.05, 4.69) is 10.3 Å². The molecule has 1 atom stereocenters. The van der Waals surface area contributed by atoms with E-state index in [4.69, 9.17) is 4.74 Å². The van der Waals surface area contributed by atoms with E-state index in [-0.39, 0.29) is 18.0 Å². The van der Waals surface area contributed by atoms with Gasteiger partial charge in [-0.1, -0.05) is 41.7 Å². The highest BCUT2D eigenvalue weighted by Crippen LogP contribution is 2.29. The van der Waals surface area contributed by atoms with Crippen LogP contribution >= 0.6 is 11.3 Å². The van der Waals surface area contributed by atoms with Crippen molar-refractivity contribution in [3.63, 3.8) is 0 Å². The smallest absolute Gasteiger partial charge is 0.326 e. The molecule has 1 unspecified atom stereocenters. The molecule has 0 aliphatic carbocycles. The third-order valence-electron chi connectivity index (χ3n) is 5.31. The molecule has 0 radical (unpaired) electrons. The second-order valence-corrected chi connectivity index (χ2v) is 8.43. The minimum Gasteiger partial charge on any atom is -0.376 e. The molecule has 3 heterocycles. The van der Waals surface area contributed by atoms with Crippen LogP contribution < -0.4 is 10.2 Å². The number of thiazole rings is 1. The summed E-state index contributed by atoms with van der Waals surface area (Å²) in [4.78, 5) is 34.0. The van der Waals surface area contributed by atoms with Gasteiger partial charge in [-0.05, 0) is 31.7 Å². The molecule has 29 heavy (non-hydrogen) atoms. The van der Waals surface area contributed by atoms with Crippen LogP contribution in [0.5, 0.6) is 0 Å². The Balaban J connectivity index is 1.38. The van der Waals surface area contributed by atoms with Gasteiger partial charge in [-0.15, -0.1) is 0 Å². The number of carbonyl (C=O) groups excluding carboxylic acids is 2. The molecule has 1 aromatic carbocycles. The number of urea groups is 1. The Morgan fingerprint density at radius 2 is 2.10 bits per heavy atom. The number of hydrogen-bond donors (Lipinski definition) is 1. The Bertz CT molecular complexity index is 864. The lowest BCUT2D eigenvalue weighted by molar-refractivity contribution is 0.00338. The maximum absolute atomic E-state index is 12.8. The summed E-state index contributed by atoms with van der Waals surface area (Å²) in [7, 11) is 0. The first-order chi connectivity index (χ1) is 14.1. The molecular formula is C21H26N4O3S. The zero-order chi connectivity index (χ0) is 20.2. The van der Waals surface area contributed by atoms with Crippen molar-refractivity contribution in [3.8, 4) is 0 Å². The molecule has 0 saturated carbocycles. The molecule has 1 N–H and O–H groups in total. The van der Waals surface area contributed by atoms with Crippen LogP contribution in [0.25, 0.3) is 0 Å². The Morgan fingerprint density at radius 3 is 2.86 bits per heavy atom. The van der Waals surface area contributed by atoms with Gasteiger partial charge >= 0.3 is 6.03 Å². The SMILES string of the molecule is Cc1nc(N2CCN(CC3CCCCO3)C2=O)sc1C(=O)NCc1ccccc1. The molecule has 2 aromatic rings. The summed E-state index contributed by atoms with van der Waals surface area (Å²) in [6, 6.07) is 9.73. The molecular weight excluding hydrogens is 388 g/mol. The molecule has 2 fully saturated rings. The summed E-state index contributed by atoms with van der Waals surface area (Å²) >= 11 is 1.28. The van der Waals surface area contributed by atoms with Gasteiger partial charge in [-0.3, -0.25) is 9.69 Å². The van der Waals surface area contributed by atoms with E-state index in [0.29, 0.717) is 41.9 Å². The number of benzene rings is 1. The lowest BCUT2D eigenvalue weighted by Crippen LogP contribution is -2.39. The number of carbonyl (C=O) groups is 2. The maximum Gasteiger partial charge on any atom is 0.326 e. The number of anilines is 1. The van der Waals surface area contributed by atoms with Crippen molar-refractivity contribution in [2.45, 2.75) is 38.8 Å². The number of aryl methyl sites for hydroxylation is 1. The summed E-state index contributed by atoms with van der Waals surface area (Å²) in [5.41, 5.74) is 1.69. The largest absolute Gasteiger partial charge is 0.376 e. The first kappa shape index (κ1) is 19.8. The van der Waals surface area contributed by atoms with Gasteiger partial charge < -0.3 is 15.0 Å². The molecule has 2 aliphatic heterocycles. The Labute approximate surface area is 174 Å². The zero-order valence-corrected chi connectivity index (χ0v) is 17.4. The molecule has 4 rings (SSSR count). The van der Waals surface area contributed by atoms with Crippen molar-refractivity contribution in [2.75, 3.05) is 31.1 Å². The van der Waals surface area contributed by atoms with Crippen molar-refractivity contribution in [1.82, 2.24) is 15.2 Å². The van der Waals surface area contributed by atoms with Crippen LogP contribution in [0.15, 0.2) is 30.3 Å². The van der Waals surface area contributed by atoms with E-state index in [1.165, 1.54) is 11.3 Å². The van der Waals surface area contributed by atoms with Crippen LogP contribution in [-0.4, -0.2) is 54.2 Å². The number of aromatic nitrogens is 1. The summed E-state index contributed by atoms with van der Waals surface area (Å²) in [5.74, 6) is -0.158. The van der Waals surface area contributed by atoms with Crippen LogP contribution in [0, 0.1) is 6.92 Å². The second-order valence-electron chi connectivity index (χ2n) is 7.45. The molecule has 2 saturated heterocycles. The Morgan fingerprint density at radius 1 is 1.28 bits per heavy atom. The topological polar surface area (TPSA) is 74.8 Å². The van der Waals surface area contributed by atoms with Crippen molar-refractivity contribution in [3.05, 3.63) is 46.5 Å². The highest BCUT2D eigenvalue weighted by molar-refractivity contribution is 7.17.